The molecule has 3 N–H and O–H groups in total. The lowest BCUT2D eigenvalue weighted by Gasteiger charge is -2.14. The summed E-state index contributed by atoms with van der Waals surface area (Å²) in [5.74, 6) is 0. The third-order valence-corrected chi connectivity index (χ3v) is 2.08. The zero-order chi connectivity index (χ0) is 10.5. The Morgan fingerprint density at radius 1 is 1.46 bits per heavy atom. The van der Waals surface area contributed by atoms with Crippen LogP contribution in [0, 0.1) is 0 Å². The van der Waals surface area contributed by atoms with Crippen molar-refractivity contribution in [2.75, 3.05) is 13.2 Å². The Kier molecular flexibility index (Phi) is 5.11. The minimum Gasteiger partial charge on any atom is -0.387 e. The number of aliphatic hydroxyl groups excluding tert-OH is 2. The van der Waals surface area contributed by atoms with E-state index in [0.717, 1.165) is 0 Å². The molecule has 0 aromatic heterocycles. The van der Waals surface area contributed by atoms with Gasteiger partial charge in [-0.1, -0.05) is 6.08 Å². The second-order valence-electron chi connectivity index (χ2n) is 2.30. The molecule has 0 aliphatic carbocycles. The molecule has 0 radical (unpaired) electrons. The standard InChI is InChI=1S/C6H12O6S/c1-2-3-12-4-5(7)6(8)13(9,10)11/h2,5-8H,1,3-4H2,(H,9,10,11). The second-order valence-corrected chi connectivity index (χ2v) is 3.81. The van der Waals surface area contributed by atoms with Crippen LogP contribution in [0.25, 0.3) is 0 Å². The fraction of sp³-hybridized carbons (Fsp3) is 0.667. The lowest BCUT2D eigenvalue weighted by Crippen LogP contribution is -2.36. The summed E-state index contributed by atoms with van der Waals surface area (Å²) in [6, 6.07) is 0. The first-order chi connectivity index (χ1) is 5.89. The van der Waals surface area contributed by atoms with Crippen molar-refractivity contribution < 1.29 is 27.9 Å². The monoisotopic (exact) mass is 212 g/mol. The molecule has 0 fully saturated rings. The summed E-state index contributed by atoms with van der Waals surface area (Å²) in [6.45, 7) is 3.04. The largest absolute Gasteiger partial charge is 0.387 e. The van der Waals surface area contributed by atoms with Gasteiger partial charge in [-0.15, -0.1) is 6.58 Å². The van der Waals surface area contributed by atoms with E-state index < -0.39 is 28.3 Å². The molecule has 0 bridgehead atoms. The maximum atomic E-state index is 10.3. The van der Waals surface area contributed by atoms with Crippen molar-refractivity contribution in [3.63, 3.8) is 0 Å². The molecule has 2 atom stereocenters. The van der Waals surface area contributed by atoms with Crippen molar-refractivity contribution in [2.24, 2.45) is 0 Å². The highest BCUT2D eigenvalue weighted by Gasteiger charge is 2.28. The van der Waals surface area contributed by atoms with Crippen LogP contribution in [0.1, 0.15) is 0 Å². The van der Waals surface area contributed by atoms with Crippen LogP contribution in [0.2, 0.25) is 0 Å². The first-order valence-corrected chi connectivity index (χ1v) is 4.91. The smallest absolute Gasteiger partial charge is 0.294 e. The molecule has 0 saturated carbocycles. The van der Waals surface area contributed by atoms with Crippen molar-refractivity contribution in [1.82, 2.24) is 0 Å². The van der Waals surface area contributed by atoms with Gasteiger partial charge in [-0.25, -0.2) is 0 Å². The van der Waals surface area contributed by atoms with Gasteiger partial charge >= 0.3 is 0 Å². The van der Waals surface area contributed by atoms with Gasteiger partial charge in [-0.3, -0.25) is 4.55 Å². The maximum Gasteiger partial charge on any atom is 0.294 e. The average molecular weight is 212 g/mol. The van der Waals surface area contributed by atoms with Crippen molar-refractivity contribution >= 4 is 10.1 Å². The molecule has 7 heteroatoms. The summed E-state index contributed by atoms with van der Waals surface area (Å²) < 4.78 is 33.5. The first-order valence-electron chi connectivity index (χ1n) is 3.40. The molecule has 0 aromatic carbocycles. The summed E-state index contributed by atoms with van der Waals surface area (Å²) in [4.78, 5) is 0. The number of ether oxygens (including phenoxy) is 1. The Labute approximate surface area is 76.2 Å². The van der Waals surface area contributed by atoms with Crippen LogP contribution < -0.4 is 0 Å². The Morgan fingerprint density at radius 3 is 2.38 bits per heavy atom. The molecule has 78 valence electrons. The van der Waals surface area contributed by atoms with Crippen LogP contribution in [0.4, 0.5) is 0 Å². The van der Waals surface area contributed by atoms with Gasteiger partial charge in [-0.2, -0.15) is 8.42 Å². The first kappa shape index (κ1) is 12.5. The molecule has 0 rings (SSSR count). The van der Waals surface area contributed by atoms with E-state index in [0.29, 0.717) is 0 Å². The third kappa shape index (κ3) is 4.96. The summed E-state index contributed by atoms with van der Waals surface area (Å²) >= 11 is 0. The predicted octanol–water partition coefficient (Wildman–Crippen LogP) is -1.24. The quantitative estimate of drug-likeness (QED) is 0.289. The fourth-order valence-electron chi connectivity index (χ4n) is 0.553. The second kappa shape index (κ2) is 5.30. The molecular weight excluding hydrogens is 200 g/mol. The molecule has 0 saturated heterocycles. The highest BCUT2D eigenvalue weighted by molar-refractivity contribution is 7.86. The van der Waals surface area contributed by atoms with Crippen LogP contribution in [-0.4, -0.2) is 47.9 Å². The Morgan fingerprint density at radius 2 is 2.00 bits per heavy atom. The minimum absolute atomic E-state index is 0.120. The molecular formula is C6H12O6S. The van der Waals surface area contributed by atoms with Gasteiger partial charge < -0.3 is 14.9 Å². The summed E-state index contributed by atoms with van der Waals surface area (Å²) in [7, 11) is -4.64. The van der Waals surface area contributed by atoms with Crippen LogP contribution in [0.3, 0.4) is 0 Å². The number of hydrogen-bond acceptors (Lipinski definition) is 5. The lowest BCUT2D eigenvalue weighted by molar-refractivity contribution is -0.00386. The van der Waals surface area contributed by atoms with Crippen LogP contribution in [0.15, 0.2) is 12.7 Å². The van der Waals surface area contributed by atoms with Crippen molar-refractivity contribution in [3.05, 3.63) is 12.7 Å². The zero-order valence-electron chi connectivity index (χ0n) is 6.83. The van der Waals surface area contributed by atoms with E-state index in [-0.39, 0.29) is 6.61 Å². The lowest BCUT2D eigenvalue weighted by atomic mass is 10.4. The van der Waals surface area contributed by atoms with Gasteiger partial charge in [0.05, 0.1) is 13.2 Å². The summed E-state index contributed by atoms with van der Waals surface area (Å²) in [5.41, 5.74) is -2.24. The van der Waals surface area contributed by atoms with E-state index >= 15 is 0 Å². The number of aliphatic hydroxyl groups is 2. The van der Waals surface area contributed by atoms with Crippen LogP contribution in [-0.2, 0) is 14.9 Å². The fourth-order valence-corrected chi connectivity index (χ4v) is 1.03. The molecule has 0 aliphatic rings. The Hall–Kier alpha value is -0.470. The molecule has 0 spiro atoms. The van der Waals surface area contributed by atoms with E-state index in [2.05, 4.69) is 11.3 Å². The number of hydrogen-bond donors (Lipinski definition) is 3. The minimum atomic E-state index is -4.64. The van der Waals surface area contributed by atoms with E-state index in [4.69, 9.17) is 14.8 Å². The van der Waals surface area contributed by atoms with Gasteiger partial charge in [0.2, 0.25) is 5.44 Å². The normalized spacial score (nSPS) is 16.5. The topological polar surface area (TPSA) is 104 Å². The van der Waals surface area contributed by atoms with Crippen molar-refractivity contribution in [1.29, 1.82) is 0 Å². The molecule has 0 heterocycles. The van der Waals surface area contributed by atoms with Gasteiger partial charge in [0.15, 0.2) is 0 Å². The molecule has 6 nitrogen and oxygen atoms in total. The van der Waals surface area contributed by atoms with Gasteiger partial charge in [0.1, 0.15) is 6.10 Å². The molecule has 0 aliphatic heterocycles. The van der Waals surface area contributed by atoms with Crippen LogP contribution >= 0.6 is 0 Å². The average Bonchev–Trinajstić information content (AvgIpc) is 2.01. The van der Waals surface area contributed by atoms with E-state index in [1.807, 2.05) is 0 Å². The highest BCUT2D eigenvalue weighted by Crippen LogP contribution is 2.01. The summed E-state index contributed by atoms with van der Waals surface area (Å²) in [5, 5.41) is 17.7. The zero-order valence-corrected chi connectivity index (χ0v) is 7.64. The highest BCUT2D eigenvalue weighted by atomic mass is 32.2. The van der Waals surface area contributed by atoms with Crippen molar-refractivity contribution in [3.8, 4) is 0 Å². The Bertz CT molecular complexity index is 246. The van der Waals surface area contributed by atoms with Crippen LogP contribution in [0.5, 0.6) is 0 Å². The van der Waals surface area contributed by atoms with Gasteiger partial charge in [0, 0.05) is 0 Å². The van der Waals surface area contributed by atoms with E-state index in [1.165, 1.54) is 6.08 Å². The van der Waals surface area contributed by atoms with E-state index in [9.17, 15) is 8.42 Å². The Balaban J connectivity index is 3.97. The molecule has 0 aromatic rings. The SMILES string of the molecule is C=CCOCC(O)C(O)S(=O)(=O)O. The van der Waals surface area contributed by atoms with Crippen molar-refractivity contribution in [2.45, 2.75) is 11.5 Å². The molecule has 13 heavy (non-hydrogen) atoms. The molecule has 0 amide bonds. The summed E-state index contributed by atoms with van der Waals surface area (Å²) in [6.07, 6.45) is -0.276. The molecule has 2 unspecified atom stereocenters. The number of rotatable bonds is 6. The van der Waals surface area contributed by atoms with Gasteiger partial charge in [-0.05, 0) is 0 Å². The van der Waals surface area contributed by atoms with E-state index in [1.54, 1.807) is 0 Å². The maximum absolute atomic E-state index is 10.3. The third-order valence-electron chi connectivity index (χ3n) is 1.16. The van der Waals surface area contributed by atoms with Gasteiger partial charge in [0.25, 0.3) is 10.1 Å². The predicted molar refractivity (Wildman–Crippen MR) is 44.6 cm³/mol.